The summed E-state index contributed by atoms with van der Waals surface area (Å²) < 4.78 is 5.65. The number of ether oxygens (including phenoxy) is 1. The number of primary amides is 1. The summed E-state index contributed by atoms with van der Waals surface area (Å²) in [5.41, 5.74) is 12.5. The minimum atomic E-state index is -0.590. The highest BCUT2D eigenvalue weighted by molar-refractivity contribution is 6.31. The van der Waals surface area contributed by atoms with Crippen molar-refractivity contribution in [2.24, 2.45) is 5.73 Å². The van der Waals surface area contributed by atoms with Crippen LogP contribution in [0, 0.1) is 6.92 Å². The highest BCUT2D eigenvalue weighted by atomic mass is 35.5. The largest absolute Gasteiger partial charge is 0.457 e. The summed E-state index contributed by atoms with van der Waals surface area (Å²) in [5, 5.41) is 0.653. The van der Waals surface area contributed by atoms with Gasteiger partial charge in [0.05, 0.1) is 5.56 Å². The molecular formula is C14H13ClN2O2. The van der Waals surface area contributed by atoms with Crippen LogP contribution in [0.5, 0.6) is 11.5 Å². The summed E-state index contributed by atoms with van der Waals surface area (Å²) in [4.78, 5) is 11.4. The lowest BCUT2D eigenvalue weighted by Crippen LogP contribution is -2.12. The van der Waals surface area contributed by atoms with Crippen molar-refractivity contribution in [1.29, 1.82) is 0 Å². The maximum absolute atomic E-state index is 11.4. The second-order valence-electron chi connectivity index (χ2n) is 4.13. The van der Waals surface area contributed by atoms with Gasteiger partial charge in [-0.25, -0.2) is 0 Å². The molecule has 98 valence electrons. The molecule has 19 heavy (non-hydrogen) atoms. The molecule has 0 saturated heterocycles. The highest BCUT2D eigenvalue weighted by Crippen LogP contribution is 2.29. The zero-order valence-corrected chi connectivity index (χ0v) is 11.1. The SMILES string of the molecule is Cc1cc(Oc2ccc(N)cc2C(N)=O)ccc1Cl. The van der Waals surface area contributed by atoms with Crippen molar-refractivity contribution < 1.29 is 9.53 Å². The Hall–Kier alpha value is -2.20. The van der Waals surface area contributed by atoms with Crippen molar-refractivity contribution in [2.75, 3.05) is 5.73 Å². The first-order chi connectivity index (χ1) is 8.97. The van der Waals surface area contributed by atoms with Gasteiger partial charge in [0.25, 0.3) is 5.91 Å². The van der Waals surface area contributed by atoms with Crippen LogP contribution in [0.25, 0.3) is 0 Å². The summed E-state index contributed by atoms with van der Waals surface area (Å²) in [6.07, 6.45) is 0. The molecule has 0 radical (unpaired) electrons. The number of benzene rings is 2. The van der Waals surface area contributed by atoms with E-state index in [-0.39, 0.29) is 5.56 Å². The molecule has 2 aromatic carbocycles. The van der Waals surface area contributed by atoms with E-state index < -0.39 is 5.91 Å². The van der Waals surface area contributed by atoms with E-state index in [2.05, 4.69) is 0 Å². The number of carbonyl (C=O) groups is 1. The monoisotopic (exact) mass is 276 g/mol. The highest BCUT2D eigenvalue weighted by Gasteiger charge is 2.11. The second kappa shape index (κ2) is 5.20. The summed E-state index contributed by atoms with van der Waals surface area (Å²) in [6, 6.07) is 9.97. The number of halogens is 1. The van der Waals surface area contributed by atoms with E-state index in [4.69, 9.17) is 27.8 Å². The molecule has 0 aliphatic heterocycles. The Labute approximate surface area is 115 Å². The molecule has 0 bridgehead atoms. The Kier molecular flexibility index (Phi) is 3.62. The normalized spacial score (nSPS) is 10.2. The molecule has 0 unspecified atom stereocenters. The summed E-state index contributed by atoms with van der Waals surface area (Å²) >= 11 is 5.94. The van der Waals surface area contributed by atoms with Crippen LogP contribution in [0.3, 0.4) is 0 Å². The van der Waals surface area contributed by atoms with Crippen LogP contribution < -0.4 is 16.2 Å². The van der Waals surface area contributed by atoms with Gasteiger partial charge < -0.3 is 16.2 Å². The molecule has 2 aromatic rings. The first-order valence-corrected chi connectivity index (χ1v) is 5.98. The van der Waals surface area contributed by atoms with Crippen LogP contribution >= 0.6 is 11.6 Å². The molecule has 5 heteroatoms. The number of anilines is 1. The van der Waals surface area contributed by atoms with Gasteiger partial charge in [-0.3, -0.25) is 4.79 Å². The Morgan fingerprint density at radius 1 is 1.21 bits per heavy atom. The van der Waals surface area contributed by atoms with Gasteiger partial charge in [0.1, 0.15) is 11.5 Å². The Balaban J connectivity index is 2.37. The zero-order valence-electron chi connectivity index (χ0n) is 10.3. The lowest BCUT2D eigenvalue weighted by molar-refractivity contribution is 0.0998. The van der Waals surface area contributed by atoms with Crippen LogP contribution in [0.1, 0.15) is 15.9 Å². The molecule has 2 rings (SSSR count). The van der Waals surface area contributed by atoms with Gasteiger partial charge in [-0.2, -0.15) is 0 Å². The number of carbonyl (C=O) groups excluding carboxylic acids is 1. The molecular weight excluding hydrogens is 264 g/mol. The molecule has 1 amide bonds. The van der Waals surface area contributed by atoms with E-state index in [0.717, 1.165) is 5.56 Å². The van der Waals surface area contributed by atoms with Gasteiger partial charge in [-0.05, 0) is 48.9 Å². The Morgan fingerprint density at radius 2 is 1.95 bits per heavy atom. The average molecular weight is 277 g/mol. The number of hydrogen-bond acceptors (Lipinski definition) is 3. The third-order valence-electron chi connectivity index (χ3n) is 2.63. The van der Waals surface area contributed by atoms with Gasteiger partial charge in [-0.15, -0.1) is 0 Å². The third-order valence-corrected chi connectivity index (χ3v) is 3.05. The van der Waals surface area contributed by atoms with Crippen LogP contribution in [0.15, 0.2) is 36.4 Å². The molecule has 4 N–H and O–H groups in total. The predicted molar refractivity (Wildman–Crippen MR) is 75.6 cm³/mol. The molecule has 4 nitrogen and oxygen atoms in total. The fourth-order valence-corrected chi connectivity index (χ4v) is 1.75. The van der Waals surface area contributed by atoms with Crippen molar-refractivity contribution in [3.8, 4) is 11.5 Å². The van der Waals surface area contributed by atoms with Crippen LogP contribution in [0.4, 0.5) is 5.69 Å². The molecule has 0 aliphatic rings. The van der Waals surface area contributed by atoms with Crippen LogP contribution in [-0.2, 0) is 0 Å². The van der Waals surface area contributed by atoms with E-state index >= 15 is 0 Å². The smallest absolute Gasteiger partial charge is 0.252 e. The Bertz CT molecular complexity index is 641. The van der Waals surface area contributed by atoms with E-state index in [1.807, 2.05) is 6.92 Å². The van der Waals surface area contributed by atoms with Crippen molar-refractivity contribution in [2.45, 2.75) is 6.92 Å². The van der Waals surface area contributed by atoms with Gasteiger partial charge in [-0.1, -0.05) is 11.6 Å². The number of nitrogens with two attached hydrogens (primary N) is 2. The lowest BCUT2D eigenvalue weighted by atomic mass is 10.1. The quantitative estimate of drug-likeness (QED) is 0.846. The van der Waals surface area contributed by atoms with Crippen LogP contribution in [0.2, 0.25) is 5.02 Å². The van der Waals surface area contributed by atoms with Crippen molar-refractivity contribution in [3.05, 3.63) is 52.5 Å². The molecule has 0 saturated carbocycles. The van der Waals surface area contributed by atoms with Crippen molar-refractivity contribution >= 4 is 23.2 Å². The van der Waals surface area contributed by atoms with Gasteiger partial charge >= 0.3 is 0 Å². The van der Waals surface area contributed by atoms with E-state index in [1.165, 1.54) is 6.07 Å². The average Bonchev–Trinajstić information content (AvgIpc) is 2.36. The van der Waals surface area contributed by atoms with Crippen molar-refractivity contribution in [1.82, 2.24) is 0 Å². The van der Waals surface area contributed by atoms with E-state index in [9.17, 15) is 4.79 Å². The number of rotatable bonds is 3. The summed E-state index contributed by atoms with van der Waals surface area (Å²) in [7, 11) is 0. The molecule has 0 spiro atoms. The molecule has 0 fully saturated rings. The molecule has 0 aromatic heterocycles. The minimum Gasteiger partial charge on any atom is -0.457 e. The number of nitrogen functional groups attached to an aromatic ring is 1. The number of amides is 1. The maximum Gasteiger partial charge on any atom is 0.252 e. The fraction of sp³-hybridized carbons (Fsp3) is 0.0714. The van der Waals surface area contributed by atoms with Gasteiger partial charge in [0.15, 0.2) is 0 Å². The molecule has 0 aliphatic carbocycles. The lowest BCUT2D eigenvalue weighted by Gasteiger charge is -2.10. The first kappa shape index (κ1) is 13.2. The third kappa shape index (κ3) is 2.98. The van der Waals surface area contributed by atoms with Gasteiger partial charge in [0.2, 0.25) is 0 Å². The topological polar surface area (TPSA) is 78.3 Å². The van der Waals surface area contributed by atoms with Crippen molar-refractivity contribution in [3.63, 3.8) is 0 Å². The molecule has 0 heterocycles. The number of hydrogen-bond donors (Lipinski definition) is 2. The minimum absolute atomic E-state index is 0.243. The number of aryl methyl sites for hydroxylation is 1. The fourth-order valence-electron chi connectivity index (χ4n) is 1.64. The second-order valence-corrected chi connectivity index (χ2v) is 4.54. The summed E-state index contributed by atoms with van der Waals surface area (Å²) in [5.74, 6) is 0.352. The van der Waals surface area contributed by atoms with E-state index in [0.29, 0.717) is 22.2 Å². The first-order valence-electron chi connectivity index (χ1n) is 5.60. The standard InChI is InChI=1S/C14H13ClN2O2/c1-8-6-10(3-4-12(8)15)19-13-5-2-9(16)7-11(13)14(17)18/h2-7H,16H2,1H3,(H2,17,18). The maximum atomic E-state index is 11.4. The Morgan fingerprint density at radius 3 is 2.58 bits per heavy atom. The summed E-state index contributed by atoms with van der Waals surface area (Å²) in [6.45, 7) is 1.87. The van der Waals surface area contributed by atoms with E-state index in [1.54, 1.807) is 30.3 Å². The van der Waals surface area contributed by atoms with Crippen LogP contribution in [-0.4, -0.2) is 5.91 Å². The van der Waals surface area contributed by atoms with Gasteiger partial charge in [0, 0.05) is 10.7 Å². The predicted octanol–water partition coefficient (Wildman–Crippen LogP) is 3.12. The molecule has 0 atom stereocenters. The zero-order chi connectivity index (χ0) is 14.0.